The topological polar surface area (TPSA) is 83.1 Å². The molecule has 162 valence electrons. The zero-order valence-electron chi connectivity index (χ0n) is 18.1. The molecule has 0 unspecified atom stereocenters. The van der Waals surface area contributed by atoms with E-state index < -0.39 is 23.7 Å². The first-order valence-corrected chi connectivity index (χ1v) is 9.62. The monoisotopic (exact) mass is 415 g/mol. The number of amides is 1. The Labute approximate surface area is 177 Å². The second-order valence-electron chi connectivity index (χ2n) is 7.71. The quantitative estimate of drug-likeness (QED) is 0.659. The SMILES string of the molecule is COC(=O)[C@H](Cc1ccc(OCc2cccc(OC)c2)cc1)NC(=O)OC(C)(C)C. The largest absolute Gasteiger partial charge is 0.497 e. The molecule has 0 aliphatic heterocycles. The first kappa shape index (κ1) is 23.1. The molecular formula is C23H29NO6. The van der Waals surface area contributed by atoms with Crippen LogP contribution in [-0.4, -0.2) is 37.9 Å². The van der Waals surface area contributed by atoms with Gasteiger partial charge in [-0.05, 0) is 56.2 Å². The highest BCUT2D eigenvalue weighted by atomic mass is 16.6. The van der Waals surface area contributed by atoms with E-state index in [1.807, 2.05) is 48.5 Å². The van der Waals surface area contributed by atoms with Crippen LogP contribution in [0, 0.1) is 0 Å². The molecule has 0 aromatic heterocycles. The maximum atomic E-state index is 12.1. The predicted molar refractivity (Wildman–Crippen MR) is 113 cm³/mol. The third-order valence-corrected chi connectivity index (χ3v) is 4.08. The Morgan fingerprint density at radius 2 is 1.67 bits per heavy atom. The normalized spacial score (nSPS) is 11.9. The lowest BCUT2D eigenvalue weighted by molar-refractivity contribution is -0.143. The number of alkyl carbamates (subject to hydrolysis) is 1. The molecule has 2 rings (SSSR count). The average molecular weight is 415 g/mol. The van der Waals surface area contributed by atoms with Gasteiger partial charge in [0.15, 0.2) is 0 Å². The molecule has 0 bridgehead atoms. The first-order valence-electron chi connectivity index (χ1n) is 9.62. The van der Waals surface area contributed by atoms with E-state index in [2.05, 4.69) is 5.32 Å². The van der Waals surface area contributed by atoms with E-state index >= 15 is 0 Å². The third-order valence-electron chi connectivity index (χ3n) is 4.08. The van der Waals surface area contributed by atoms with Crippen LogP contribution in [0.15, 0.2) is 48.5 Å². The third kappa shape index (κ3) is 7.66. The lowest BCUT2D eigenvalue weighted by atomic mass is 10.1. The van der Waals surface area contributed by atoms with Crippen LogP contribution in [0.3, 0.4) is 0 Å². The smallest absolute Gasteiger partial charge is 0.408 e. The number of esters is 1. The summed E-state index contributed by atoms with van der Waals surface area (Å²) in [6.45, 7) is 5.67. The molecule has 2 aromatic rings. The lowest BCUT2D eigenvalue weighted by Crippen LogP contribution is -2.45. The lowest BCUT2D eigenvalue weighted by Gasteiger charge is -2.22. The zero-order valence-corrected chi connectivity index (χ0v) is 18.1. The standard InChI is InChI=1S/C23H29NO6/c1-23(2,3)30-22(26)24-20(21(25)28-5)14-16-9-11-18(12-10-16)29-15-17-7-6-8-19(13-17)27-4/h6-13,20H,14-15H2,1-5H3,(H,24,26)/t20-/m0/s1. The summed E-state index contributed by atoms with van der Waals surface area (Å²) in [7, 11) is 2.90. The maximum absolute atomic E-state index is 12.1. The van der Waals surface area contributed by atoms with Crippen molar-refractivity contribution in [3.05, 3.63) is 59.7 Å². The Morgan fingerprint density at radius 1 is 0.967 bits per heavy atom. The van der Waals surface area contributed by atoms with Crippen molar-refractivity contribution in [1.82, 2.24) is 5.32 Å². The molecule has 0 radical (unpaired) electrons. The number of ether oxygens (including phenoxy) is 4. The summed E-state index contributed by atoms with van der Waals surface area (Å²) in [5.74, 6) is 0.924. The molecule has 7 nitrogen and oxygen atoms in total. The van der Waals surface area contributed by atoms with E-state index in [0.29, 0.717) is 12.4 Å². The summed E-state index contributed by atoms with van der Waals surface area (Å²) in [6, 6.07) is 14.1. The van der Waals surface area contributed by atoms with E-state index in [1.165, 1.54) is 7.11 Å². The molecule has 1 amide bonds. The van der Waals surface area contributed by atoms with Crippen molar-refractivity contribution in [3.63, 3.8) is 0 Å². The van der Waals surface area contributed by atoms with Gasteiger partial charge in [-0.1, -0.05) is 24.3 Å². The van der Waals surface area contributed by atoms with Crippen LogP contribution < -0.4 is 14.8 Å². The van der Waals surface area contributed by atoms with Crippen molar-refractivity contribution < 1.29 is 28.5 Å². The van der Waals surface area contributed by atoms with Gasteiger partial charge >= 0.3 is 12.1 Å². The van der Waals surface area contributed by atoms with Crippen molar-refractivity contribution >= 4 is 12.1 Å². The second kappa shape index (κ2) is 10.5. The number of hydrogen-bond acceptors (Lipinski definition) is 6. The summed E-state index contributed by atoms with van der Waals surface area (Å²) in [4.78, 5) is 24.1. The first-order chi connectivity index (χ1) is 14.2. The molecule has 0 saturated heterocycles. The number of methoxy groups -OCH3 is 2. The molecule has 7 heteroatoms. The van der Waals surface area contributed by atoms with E-state index in [-0.39, 0.29) is 6.42 Å². The van der Waals surface area contributed by atoms with Gasteiger partial charge in [0.25, 0.3) is 0 Å². The van der Waals surface area contributed by atoms with Crippen LogP contribution in [0.5, 0.6) is 11.5 Å². The van der Waals surface area contributed by atoms with Gasteiger partial charge in [-0.25, -0.2) is 9.59 Å². The number of nitrogens with one attached hydrogen (secondary N) is 1. The van der Waals surface area contributed by atoms with Gasteiger partial charge in [0.05, 0.1) is 14.2 Å². The summed E-state index contributed by atoms with van der Waals surface area (Å²) in [6.07, 6.45) is -0.404. The van der Waals surface area contributed by atoms with Crippen LogP contribution in [-0.2, 0) is 27.3 Å². The van der Waals surface area contributed by atoms with Crippen LogP contribution in [0.1, 0.15) is 31.9 Å². The van der Waals surface area contributed by atoms with Gasteiger partial charge in [-0.2, -0.15) is 0 Å². The number of rotatable bonds is 8. The Morgan fingerprint density at radius 3 is 2.27 bits per heavy atom. The van der Waals surface area contributed by atoms with Gasteiger partial charge < -0.3 is 24.3 Å². The molecule has 0 spiro atoms. The fourth-order valence-corrected chi connectivity index (χ4v) is 2.67. The molecule has 1 atom stereocenters. The van der Waals surface area contributed by atoms with Crippen LogP contribution >= 0.6 is 0 Å². The molecule has 2 aromatic carbocycles. The maximum Gasteiger partial charge on any atom is 0.408 e. The Bertz CT molecular complexity index is 842. The molecule has 0 saturated carbocycles. The van der Waals surface area contributed by atoms with Crippen molar-refractivity contribution in [3.8, 4) is 11.5 Å². The molecule has 0 heterocycles. The molecule has 1 N–H and O–H groups in total. The van der Waals surface area contributed by atoms with Crippen molar-refractivity contribution in [2.45, 2.75) is 45.4 Å². The highest BCUT2D eigenvalue weighted by Gasteiger charge is 2.25. The van der Waals surface area contributed by atoms with Gasteiger partial charge in [0.2, 0.25) is 0 Å². The van der Waals surface area contributed by atoms with E-state index in [1.54, 1.807) is 27.9 Å². The molecule has 0 aliphatic carbocycles. The number of carbonyl (C=O) groups is 2. The molecular weight excluding hydrogens is 386 g/mol. The molecule has 0 fully saturated rings. The fraction of sp³-hybridized carbons (Fsp3) is 0.391. The molecule has 0 aliphatic rings. The van der Waals surface area contributed by atoms with Crippen LogP contribution in [0.25, 0.3) is 0 Å². The second-order valence-corrected chi connectivity index (χ2v) is 7.71. The van der Waals surface area contributed by atoms with Gasteiger partial charge in [0, 0.05) is 6.42 Å². The summed E-state index contributed by atoms with van der Waals surface area (Å²) in [5, 5.41) is 2.57. The van der Waals surface area contributed by atoms with Gasteiger partial charge in [-0.15, -0.1) is 0 Å². The molecule has 30 heavy (non-hydrogen) atoms. The Balaban J connectivity index is 1.97. The highest BCUT2D eigenvalue weighted by Crippen LogP contribution is 2.18. The summed E-state index contributed by atoms with van der Waals surface area (Å²) in [5.41, 5.74) is 1.17. The fourth-order valence-electron chi connectivity index (χ4n) is 2.67. The van der Waals surface area contributed by atoms with Crippen molar-refractivity contribution in [2.75, 3.05) is 14.2 Å². The minimum Gasteiger partial charge on any atom is -0.497 e. The van der Waals surface area contributed by atoms with Gasteiger partial charge in [0.1, 0.15) is 29.7 Å². The zero-order chi connectivity index (χ0) is 22.1. The highest BCUT2D eigenvalue weighted by molar-refractivity contribution is 5.81. The summed E-state index contributed by atoms with van der Waals surface area (Å²) < 4.78 is 21.0. The Kier molecular flexibility index (Phi) is 8.09. The van der Waals surface area contributed by atoms with E-state index in [9.17, 15) is 9.59 Å². The van der Waals surface area contributed by atoms with Crippen LogP contribution in [0.4, 0.5) is 4.79 Å². The predicted octanol–water partition coefficient (Wildman–Crippen LogP) is 3.88. The van der Waals surface area contributed by atoms with Crippen molar-refractivity contribution in [1.29, 1.82) is 0 Å². The van der Waals surface area contributed by atoms with Gasteiger partial charge in [-0.3, -0.25) is 0 Å². The Hall–Kier alpha value is -3.22. The summed E-state index contributed by atoms with van der Waals surface area (Å²) >= 11 is 0. The van der Waals surface area contributed by atoms with Crippen molar-refractivity contribution in [2.24, 2.45) is 0 Å². The average Bonchev–Trinajstić information content (AvgIpc) is 2.71. The number of hydrogen-bond donors (Lipinski definition) is 1. The van der Waals surface area contributed by atoms with E-state index in [0.717, 1.165) is 16.9 Å². The number of benzene rings is 2. The minimum atomic E-state index is -0.853. The minimum absolute atomic E-state index is 0.266. The van der Waals surface area contributed by atoms with E-state index in [4.69, 9.17) is 18.9 Å². The number of carbonyl (C=O) groups excluding carboxylic acids is 2. The van der Waals surface area contributed by atoms with Crippen LogP contribution in [0.2, 0.25) is 0 Å².